The van der Waals surface area contributed by atoms with Crippen molar-refractivity contribution in [2.75, 3.05) is 13.2 Å². The predicted molar refractivity (Wildman–Crippen MR) is 114 cm³/mol. The number of amides is 2. The zero-order valence-corrected chi connectivity index (χ0v) is 16.8. The van der Waals surface area contributed by atoms with Crippen LogP contribution in [0.1, 0.15) is 25.0 Å². The average Bonchev–Trinajstić information content (AvgIpc) is 3.13. The molecule has 0 saturated heterocycles. The third-order valence-corrected chi connectivity index (χ3v) is 4.79. The highest BCUT2D eigenvalue weighted by molar-refractivity contribution is 5.89. The van der Waals surface area contributed by atoms with Gasteiger partial charge in [0.1, 0.15) is 18.4 Å². The number of benzene rings is 2. The monoisotopic (exact) mass is 393 g/mol. The summed E-state index contributed by atoms with van der Waals surface area (Å²) in [6, 6.07) is 15.2. The number of aromatic nitrogens is 1. The summed E-state index contributed by atoms with van der Waals surface area (Å²) in [5.74, 6) is 0.307. The van der Waals surface area contributed by atoms with Gasteiger partial charge in [-0.2, -0.15) is 0 Å². The highest BCUT2D eigenvalue weighted by atomic mass is 16.5. The van der Waals surface area contributed by atoms with Crippen LogP contribution in [0.5, 0.6) is 5.75 Å². The van der Waals surface area contributed by atoms with Crippen molar-refractivity contribution in [3.05, 3.63) is 65.9 Å². The van der Waals surface area contributed by atoms with E-state index in [0.717, 1.165) is 28.6 Å². The van der Waals surface area contributed by atoms with Crippen LogP contribution in [0.2, 0.25) is 0 Å². The van der Waals surface area contributed by atoms with E-state index in [2.05, 4.69) is 22.5 Å². The van der Waals surface area contributed by atoms with Crippen molar-refractivity contribution in [3.8, 4) is 5.75 Å². The van der Waals surface area contributed by atoms with Crippen molar-refractivity contribution in [3.63, 3.8) is 0 Å². The minimum absolute atomic E-state index is 0.226. The molecule has 1 heterocycles. The molecule has 0 fully saturated rings. The summed E-state index contributed by atoms with van der Waals surface area (Å²) in [7, 11) is 0. The molecule has 0 aliphatic heterocycles. The number of aromatic amines is 1. The fourth-order valence-corrected chi connectivity index (χ4v) is 3.26. The first-order valence-corrected chi connectivity index (χ1v) is 9.88. The number of para-hydroxylation sites is 1. The van der Waals surface area contributed by atoms with Crippen LogP contribution < -0.4 is 15.4 Å². The zero-order chi connectivity index (χ0) is 20.6. The van der Waals surface area contributed by atoms with Crippen LogP contribution >= 0.6 is 0 Å². The molecule has 0 unspecified atom stereocenters. The van der Waals surface area contributed by atoms with Crippen molar-refractivity contribution in [1.82, 2.24) is 15.6 Å². The Hall–Kier alpha value is -3.28. The fraction of sp³-hybridized carbons (Fsp3) is 0.304. The first-order chi connectivity index (χ1) is 14.1. The van der Waals surface area contributed by atoms with E-state index in [9.17, 15) is 9.59 Å². The van der Waals surface area contributed by atoms with Gasteiger partial charge in [0.2, 0.25) is 11.8 Å². The number of hydrogen-bond donors (Lipinski definition) is 3. The second-order valence-electron chi connectivity index (χ2n) is 6.95. The summed E-state index contributed by atoms with van der Waals surface area (Å²) in [6.07, 6.45) is 3.28. The van der Waals surface area contributed by atoms with E-state index >= 15 is 0 Å². The van der Waals surface area contributed by atoms with Crippen LogP contribution in [-0.4, -0.2) is 36.0 Å². The van der Waals surface area contributed by atoms with Gasteiger partial charge in [-0.3, -0.25) is 9.59 Å². The number of carbonyl (C=O) groups excluding carboxylic acids is 2. The predicted octanol–water partition coefficient (Wildman–Crippen LogP) is 2.97. The lowest BCUT2D eigenvalue weighted by Crippen LogP contribution is -2.48. The quantitative estimate of drug-likeness (QED) is 0.489. The number of ether oxygens (including phenoxy) is 1. The average molecular weight is 393 g/mol. The minimum atomic E-state index is -0.643. The third kappa shape index (κ3) is 5.60. The summed E-state index contributed by atoms with van der Waals surface area (Å²) in [4.78, 5) is 27.4. The molecule has 0 spiro atoms. The van der Waals surface area contributed by atoms with Gasteiger partial charge in [-0.05, 0) is 35.7 Å². The maximum atomic E-state index is 12.6. The molecule has 2 aromatic carbocycles. The first kappa shape index (κ1) is 20.5. The first-order valence-electron chi connectivity index (χ1n) is 9.88. The van der Waals surface area contributed by atoms with Crippen LogP contribution in [-0.2, 0) is 22.4 Å². The molecule has 3 aromatic rings. The molecule has 0 radical (unpaired) electrons. The van der Waals surface area contributed by atoms with E-state index < -0.39 is 6.04 Å². The Balaban J connectivity index is 1.55. The molecule has 3 N–H and O–H groups in total. The Morgan fingerprint density at radius 3 is 2.59 bits per heavy atom. The number of fused-ring (bicyclic) bond motifs is 1. The number of aryl methyl sites for hydroxylation is 1. The summed E-state index contributed by atoms with van der Waals surface area (Å²) in [5.41, 5.74) is 3.25. The molecule has 3 rings (SSSR count). The Morgan fingerprint density at radius 1 is 1.10 bits per heavy atom. The van der Waals surface area contributed by atoms with Crippen molar-refractivity contribution < 1.29 is 14.3 Å². The number of hydrogen-bond acceptors (Lipinski definition) is 3. The second-order valence-corrected chi connectivity index (χ2v) is 6.95. The van der Waals surface area contributed by atoms with Gasteiger partial charge in [0.05, 0.1) is 6.54 Å². The molecule has 1 aromatic heterocycles. The normalized spacial score (nSPS) is 11.8. The lowest BCUT2D eigenvalue weighted by molar-refractivity contribution is -0.128. The molecule has 0 saturated carbocycles. The molecular weight excluding hydrogens is 366 g/mol. The smallest absolute Gasteiger partial charge is 0.243 e. The fourth-order valence-electron chi connectivity index (χ4n) is 3.26. The number of nitrogens with one attached hydrogen (secondary N) is 3. The Kier molecular flexibility index (Phi) is 6.89. The van der Waals surface area contributed by atoms with Crippen LogP contribution in [0.4, 0.5) is 0 Å². The van der Waals surface area contributed by atoms with Crippen molar-refractivity contribution >= 4 is 22.7 Å². The van der Waals surface area contributed by atoms with Gasteiger partial charge >= 0.3 is 0 Å². The zero-order valence-electron chi connectivity index (χ0n) is 16.8. The summed E-state index contributed by atoms with van der Waals surface area (Å²) in [5, 5.41) is 6.65. The largest absolute Gasteiger partial charge is 0.492 e. The molecule has 1 atom stereocenters. The Labute approximate surface area is 170 Å². The number of H-pyrrole nitrogens is 1. The van der Waals surface area contributed by atoms with Gasteiger partial charge in [0.25, 0.3) is 0 Å². The van der Waals surface area contributed by atoms with E-state index in [1.807, 2.05) is 54.7 Å². The van der Waals surface area contributed by atoms with Crippen molar-refractivity contribution in [2.45, 2.75) is 32.7 Å². The van der Waals surface area contributed by atoms with Gasteiger partial charge < -0.3 is 20.4 Å². The van der Waals surface area contributed by atoms with E-state index in [4.69, 9.17) is 4.74 Å². The topological polar surface area (TPSA) is 83.2 Å². The molecule has 0 aliphatic carbocycles. The highest BCUT2D eigenvalue weighted by Crippen LogP contribution is 2.19. The Morgan fingerprint density at radius 2 is 1.86 bits per heavy atom. The molecule has 0 bridgehead atoms. The van der Waals surface area contributed by atoms with Crippen molar-refractivity contribution in [1.29, 1.82) is 0 Å². The van der Waals surface area contributed by atoms with Gasteiger partial charge in [-0.25, -0.2) is 0 Å². The van der Waals surface area contributed by atoms with Gasteiger partial charge in [0, 0.05) is 30.4 Å². The van der Waals surface area contributed by atoms with E-state index in [1.165, 1.54) is 12.5 Å². The van der Waals surface area contributed by atoms with Gasteiger partial charge in [-0.15, -0.1) is 0 Å². The standard InChI is InChI=1S/C23H27N3O3/c1-3-17-8-10-19(11-9-17)29-13-12-24-23(28)22(26-16(2)27)14-18-15-25-21-7-5-4-6-20(18)21/h4-11,15,22,25H,3,12-14H2,1-2H3,(H,24,28)(H,26,27)/t22-/m1/s1. The van der Waals surface area contributed by atoms with Crippen LogP contribution in [0, 0.1) is 0 Å². The van der Waals surface area contributed by atoms with Gasteiger partial charge in [-0.1, -0.05) is 37.3 Å². The molecule has 6 heteroatoms. The SMILES string of the molecule is CCc1ccc(OCCNC(=O)[C@@H](Cc2c[nH]c3ccccc23)NC(C)=O)cc1. The lowest BCUT2D eigenvalue weighted by atomic mass is 10.0. The third-order valence-electron chi connectivity index (χ3n) is 4.79. The van der Waals surface area contributed by atoms with Crippen LogP contribution in [0.3, 0.4) is 0 Å². The van der Waals surface area contributed by atoms with E-state index in [1.54, 1.807) is 0 Å². The van der Waals surface area contributed by atoms with Gasteiger partial charge in [0.15, 0.2) is 0 Å². The highest BCUT2D eigenvalue weighted by Gasteiger charge is 2.21. The summed E-state index contributed by atoms with van der Waals surface area (Å²) >= 11 is 0. The minimum Gasteiger partial charge on any atom is -0.492 e. The maximum Gasteiger partial charge on any atom is 0.243 e. The molecular formula is C23H27N3O3. The number of carbonyl (C=O) groups is 2. The molecule has 152 valence electrons. The molecule has 0 aliphatic rings. The maximum absolute atomic E-state index is 12.6. The second kappa shape index (κ2) is 9.78. The molecule has 6 nitrogen and oxygen atoms in total. The van der Waals surface area contributed by atoms with E-state index in [0.29, 0.717) is 19.6 Å². The van der Waals surface area contributed by atoms with E-state index in [-0.39, 0.29) is 11.8 Å². The number of rotatable bonds is 9. The summed E-state index contributed by atoms with van der Waals surface area (Å²) in [6.45, 7) is 4.24. The molecule has 2 amide bonds. The van der Waals surface area contributed by atoms with Crippen LogP contribution in [0.15, 0.2) is 54.7 Å². The van der Waals surface area contributed by atoms with Crippen molar-refractivity contribution in [2.24, 2.45) is 0 Å². The Bertz CT molecular complexity index is 963. The van der Waals surface area contributed by atoms with Crippen LogP contribution in [0.25, 0.3) is 10.9 Å². The lowest BCUT2D eigenvalue weighted by Gasteiger charge is -2.17. The molecule has 29 heavy (non-hydrogen) atoms. The summed E-state index contributed by atoms with van der Waals surface area (Å²) < 4.78 is 5.67.